The second kappa shape index (κ2) is 7.19. The third kappa shape index (κ3) is 2.94. The minimum atomic E-state index is -0.323. The molecule has 150 valence electrons. The number of rotatable bonds is 3. The Morgan fingerprint density at radius 2 is 2.11 bits per heavy atom. The van der Waals surface area contributed by atoms with E-state index < -0.39 is 0 Å². The quantitative estimate of drug-likeness (QED) is 0.740. The molecule has 2 heterocycles. The molecule has 0 bridgehead atoms. The highest BCUT2D eigenvalue weighted by Crippen LogP contribution is 2.63. The summed E-state index contributed by atoms with van der Waals surface area (Å²) in [4.78, 5) is 5.61. The molecule has 28 heavy (non-hydrogen) atoms. The van der Waals surface area contributed by atoms with Gasteiger partial charge in [0, 0.05) is 23.0 Å². The predicted octanol–water partition coefficient (Wildman–Crippen LogP) is 4.55. The molecule has 5 rings (SSSR count). The number of hydrogen-bond acceptors (Lipinski definition) is 4. The molecule has 5 heteroatoms. The van der Waals surface area contributed by atoms with Crippen LogP contribution in [0.15, 0.2) is 52.3 Å². The molecular formula is C23H28BrNO3. The fourth-order valence-corrected chi connectivity index (χ4v) is 6.91. The van der Waals surface area contributed by atoms with Crippen LogP contribution in [0.1, 0.15) is 37.7 Å². The molecule has 0 amide bonds. The summed E-state index contributed by atoms with van der Waals surface area (Å²) in [7, 11) is 1.72. The first-order valence-electron chi connectivity index (χ1n) is 10.4. The molecule has 4 aliphatic rings. The van der Waals surface area contributed by atoms with Crippen molar-refractivity contribution in [3.8, 4) is 0 Å². The Labute approximate surface area is 175 Å². The number of benzene rings is 1. The third-order valence-electron chi connectivity index (χ3n) is 7.13. The lowest BCUT2D eigenvalue weighted by Gasteiger charge is -2.44. The number of halogens is 1. The number of aliphatic hydroxyl groups is 1. The highest BCUT2D eigenvalue weighted by atomic mass is 79.9. The zero-order valence-corrected chi connectivity index (χ0v) is 17.9. The van der Waals surface area contributed by atoms with Crippen LogP contribution in [0, 0.1) is 17.3 Å². The predicted molar refractivity (Wildman–Crippen MR) is 111 cm³/mol. The summed E-state index contributed by atoms with van der Waals surface area (Å²) < 4.78 is 7.70. The fourth-order valence-electron chi connectivity index (χ4n) is 6.05. The zero-order valence-electron chi connectivity index (χ0n) is 16.3. The van der Waals surface area contributed by atoms with Gasteiger partial charge in [0.05, 0.1) is 30.9 Å². The molecule has 1 saturated carbocycles. The van der Waals surface area contributed by atoms with E-state index in [0.717, 1.165) is 38.0 Å². The van der Waals surface area contributed by atoms with Gasteiger partial charge >= 0.3 is 0 Å². The molecule has 1 spiro atoms. The van der Waals surface area contributed by atoms with Crippen molar-refractivity contribution in [3.05, 3.63) is 57.9 Å². The van der Waals surface area contributed by atoms with Gasteiger partial charge in [0.2, 0.25) is 0 Å². The van der Waals surface area contributed by atoms with Gasteiger partial charge in [-0.25, -0.2) is 0 Å². The lowest BCUT2D eigenvalue weighted by atomic mass is 9.60. The minimum Gasteiger partial charge on any atom is -0.493 e. The molecule has 1 aromatic carbocycles. The Hall–Kier alpha value is -1.30. The molecule has 0 saturated heterocycles. The van der Waals surface area contributed by atoms with E-state index in [1.165, 1.54) is 22.0 Å². The maximum atomic E-state index is 10.5. The molecule has 5 atom stereocenters. The summed E-state index contributed by atoms with van der Waals surface area (Å²) >= 11 is 3.96. The molecule has 1 fully saturated rings. The van der Waals surface area contributed by atoms with Crippen LogP contribution in [-0.4, -0.2) is 36.0 Å². The van der Waals surface area contributed by atoms with Crippen molar-refractivity contribution in [1.29, 1.82) is 0 Å². The Kier molecular flexibility index (Phi) is 4.80. The number of nitrogens with zero attached hydrogens (tertiary/aromatic N) is 1. The van der Waals surface area contributed by atoms with Crippen LogP contribution >= 0.6 is 15.9 Å². The topological polar surface area (TPSA) is 41.9 Å². The number of ether oxygens (including phenoxy) is 1. The van der Waals surface area contributed by atoms with E-state index in [0.29, 0.717) is 12.3 Å². The minimum absolute atomic E-state index is 0.106. The van der Waals surface area contributed by atoms with E-state index in [-0.39, 0.29) is 23.5 Å². The van der Waals surface area contributed by atoms with Crippen LogP contribution in [0.25, 0.3) is 0 Å². The second-order valence-corrected chi connectivity index (χ2v) is 9.66. The highest BCUT2D eigenvalue weighted by molar-refractivity contribution is 9.11. The van der Waals surface area contributed by atoms with E-state index in [1.807, 2.05) is 5.06 Å². The smallest absolute Gasteiger partial charge is 0.112 e. The summed E-state index contributed by atoms with van der Waals surface area (Å²) in [6.45, 7) is 0.767. The SMILES string of the molecule is CON1C=C(Br)C23CC(Cc4ccccc4)CC[C@H]2OC2=C3[C@@H](C[C@H](O)C2)C1. The van der Waals surface area contributed by atoms with Crippen molar-refractivity contribution < 1.29 is 14.7 Å². The first kappa shape index (κ1) is 18.7. The molecular weight excluding hydrogens is 418 g/mol. The first-order chi connectivity index (χ1) is 13.6. The number of aliphatic hydroxyl groups excluding tert-OH is 1. The van der Waals surface area contributed by atoms with Crippen molar-refractivity contribution in [2.75, 3.05) is 13.7 Å². The van der Waals surface area contributed by atoms with Crippen LogP contribution in [0.3, 0.4) is 0 Å². The van der Waals surface area contributed by atoms with Crippen molar-refractivity contribution in [3.63, 3.8) is 0 Å². The van der Waals surface area contributed by atoms with Crippen LogP contribution in [0.5, 0.6) is 0 Å². The Morgan fingerprint density at radius 1 is 1.29 bits per heavy atom. The van der Waals surface area contributed by atoms with E-state index in [9.17, 15) is 5.11 Å². The maximum Gasteiger partial charge on any atom is 0.112 e. The summed E-state index contributed by atoms with van der Waals surface area (Å²) in [6.07, 6.45) is 7.84. The summed E-state index contributed by atoms with van der Waals surface area (Å²) in [6, 6.07) is 10.8. The van der Waals surface area contributed by atoms with Gasteiger partial charge in [0.1, 0.15) is 6.10 Å². The Bertz CT molecular complexity index is 807. The monoisotopic (exact) mass is 445 g/mol. The van der Waals surface area contributed by atoms with Crippen LogP contribution in [0.4, 0.5) is 0 Å². The van der Waals surface area contributed by atoms with Gasteiger partial charge in [0.25, 0.3) is 0 Å². The van der Waals surface area contributed by atoms with Gasteiger partial charge in [0.15, 0.2) is 0 Å². The first-order valence-corrected chi connectivity index (χ1v) is 11.2. The summed E-state index contributed by atoms with van der Waals surface area (Å²) in [5, 5.41) is 12.4. The largest absolute Gasteiger partial charge is 0.493 e. The van der Waals surface area contributed by atoms with Gasteiger partial charge in [-0.15, -0.1) is 0 Å². The molecule has 1 aromatic rings. The standard InChI is InChI=1S/C23H28BrNO3/c1-27-25-13-17-10-18(26)11-19-22(17)23(20(24)14-25)12-16(7-8-21(23)28-19)9-15-5-3-2-4-6-15/h2-6,14,16-18,21,26H,7-13H2,1H3/t16?,17-,18-,21+,23?/m0/s1. The van der Waals surface area contributed by atoms with Crippen LogP contribution in [-0.2, 0) is 16.0 Å². The van der Waals surface area contributed by atoms with Gasteiger partial charge in [-0.2, -0.15) is 0 Å². The average molecular weight is 446 g/mol. The second-order valence-electron chi connectivity index (χ2n) is 8.80. The lowest BCUT2D eigenvalue weighted by Crippen LogP contribution is -2.42. The van der Waals surface area contributed by atoms with E-state index in [2.05, 4.69) is 52.5 Å². The van der Waals surface area contributed by atoms with Crippen molar-refractivity contribution in [2.24, 2.45) is 17.3 Å². The van der Waals surface area contributed by atoms with Crippen LogP contribution in [0.2, 0.25) is 0 Å². The van der Waals surface area contributed by atoms with Crippen molar-refractivity contribution in [2.45, 2.75) is 50.7 Å². The number of hydroxylamine groups is 2. The normalized spacial score (nSPS) is 37.0. The van der Waals surface area contributed by atoms with E-state index >= 15 is 0 Å². The summed E-state index contributed by atoms with van der Waals surface area (Å²) in [5.74, 6) is 1.94. The zero-order chi connectivity index (χ0) is 19.3. The third-order valence-corrected chi connectivity index (χ3v) is 8.05. The molecule has 0 aromatic heterocycles. The maximum absolute atomic E-state index is 10.5. The van der Waals surface area contributed by atoms with Gasteiger partial charge in [-0.1, -0.05) is 46.3 Å². The Morgan fingerprint density at radius 3 is 2.89 bits per heavy atom. The number of hydrogen-bond donors (Lipinski definition) is 1. The van der Waals surface area contributed by atoms with Gasteiger partial charge in [-0.05, 0) is 49.2 Å². The Balaban J connectivity index is 1.54. The fraction of sp³-hybridized carbons (Fsp3) is 0.565. The molecule has 2 aliphatic carbocycles. The summed E-state index contributed by atoms with van der Waals surface area (Å²) in [5.41, 5.74) is 2.74. The highest BCUT2D eigenvalue weighted by Gasteiger charge is 2.59. The van der Waals surface area contributed by atoms with Crippen LogP contribution < -0.4 is 0 Å². The van der Waals surface area contributed by atoms with Crippen molar-refractivity contribution in [1.82, 2.24) is 5.06 Å². The molecule has 4 nitrogen and oxygen atoms in total. The average Bonchev–Trinajstić information content (AvgIpc) is 2.96. The lowest BCUT2D eigenvalue weighted by molar-refractivity contribution is -0.0968. The molecule has 1 N–H and O–H groups in total. The van der Waals surface area contributed by atoms with E-state index in [1.54, 1.807) is 7.11 Å². The molecule has 0 radical (unpaired) electrons. The molecule has 2 unspecified atom stereocenters. The van der Waals surface area contributed by atoms with Gasteiger partial charge < -0.3 is 9.84 Å². The van der Waals surface area contributed by atoms with Gasteiger partial charge in [-0.3, -0.25) is 9.90 Å². The molecule has 2 aliphatic heterocycles. The van der Waals surface area contributed by atoms with E-state index in [4.69, 9.17) is 9.57 Å². The van der Waals surface area contributed by atoms with Crippen molar-refractivity contribution >= 4 is 15.9 Å².